The van der Waals surface area contributed by atoms with Gasteiger partial charge in [0.05, 0.1) is 12.8 Å². The van der Waals surface area contributed by atoms with E-state index in [1.807, 2.05) is 35.2 Å². The molecule has 0 N–H and O–H groups in total. The minimum absolute atomic E-state index is 0.188. The number of carbonyl (C=O) groups is 1. The molecule has 6 nitrogen and oxygen atoms in total. The summed E-state index contributed by atoms with van der Waals surface area (Å²) < 4.78 is 4.45. The van der Waals surface area contributed by atoms with Gasteiger partial charge in [-0.25, -0.2) is 9.79 Å². The van der Waals surface area contributed by atoms with Crippen molar-refractivity contribution in [2.75, 3.05) is 20.3 Å². The maximum Gasteiger partial charge on any atom is 0.346 e. The number of hydrogen-bond donors (Lipinski definition) is 0. The lowest BCUT2D eigenvalue weighted by Gasteiger charge is -2.11. The van der Waals surface area contributed by atoms with Gasteiger partial charge in [0.2, 0.25) is 6.61 Å². The van der Waals surface area contributed by atoms with Gasteiger partial charge in [-0.1, -0.05) is 23.4 Å². The fraction of sp³-hybridized carbons (Fsp3) is 0.357. The van der Waals surface area contributed by atoms with Crippen molar-refractivity contribution >= 4 is 23.8 Å². The Kier molecular flexibility index (Phi) is 5.11. The second kappa shape index (κ2) is 7.28. The van der Waals surface area contributed by atoms with E-state index in [9.17, 15) is 4.79 Å². The third kappa shape index (κ3) is 4.08. The Morgan fingerprint density at radius 2 is 2.20 bits per heavy atom. The quantitative estimate of drug-likeness (QED) is 0.356. The molecule has 0 saturated carbocycles. The molecular formula is C14H17N3O3. The predicted molar refractivity (Wildman–Crippen MR) is 75.9 cm³/mol. The van der Waals surface area contributed by atoms with Crippen LogP contribution < -0.4 is 0 Å². The van der Waals surface area contributed by atoms with Crippen molar-refractivity contribution in [3.63, 3.8) is 0 Å². The van der Waals surface area contributed by atoms with Crippen molar-refractivity contribution in [2.24, 2.45) is 10.1 Å². The van der Waals surface area contributed by atoms with Crippen LogP contribution in [0, 0.1) is 0 Å². The van der Waals surface area contributed by atoms with Crippen molar-refractivity contribution in [3.8, 4) is 0 Å². The summed E-state index contributed by atoms with van der Waals surface area (Å²) in [6, 6.07) is 9.76. The van der Waals surface area contributed by atoms with E-state index in [2.05, 4.69) is 14.9 Å². The van der Waals surface area contributed by atoms with Crippen molar-refractivity contribution in [1.29, 1.82) is 0 Å². The Morgan fingerprint density at radius 1 is 1.40 bits per heavy atom. The van der Waals surface area contributed by atoms with Gasteiger partial charge in [0.1, 0.15) is 12.2 Å². The molecule has 1 aliphatic rings. The van der Waals surface area contributed by atoms with Crippen LogP contribution in [0.1, 0.15) is 12.8 Å². The molecule has 20 heavy (non-hydrogen) atoms. The first-order valence-corrected chi connectivity index (χ1v) is 6.41. The van der Waals surface area contributed by atoms with Gasteiger partial charge in [-0.15, -0.1) is 0 Å². The Morgan fingerprint density at radius 3 is 2.95 bits per heavy atom. The molecule has 6 heteroatoms. The van der Waals surface area contributed by atoms with Gasteiger partial charge < -0.3 is 14.5 Å². The number of para-hydroxylation sites is 1. The summed E-state index contributed by atoms with van der Waals surface area (Å²) in [4.78, 5) is 22.2. The molecule has 0 atom stereocenters. The first-order valence-electron chi connectivity index (χ1n) is 6.41. The van der Waals surface area contributed by atoms with Gasteiger partial charge in [0.15, 0.2) is 0 Å². The zero-order valence-corrected chi connectivity index (χ0v) is 11.4. The minimum Gasteiger partial charge on any atom is -0.466 e. The second-order valence-electron chi connectivity index (χ2n) is 4.23. The van der Waals surface area contributed by atoms with E-state index in [4.69, 9.17) is 4.84 Å². The molecule has 0 bridgehead atoms. The topological polar surface area (TPSA) is 63.5 Å². The van der Waals surface area contributed by atoms with E-state index in [1.54, 1.807) is 6.34 Å². The SMILES string of the molecule is COC(=O)CON=CN1CCCC1=Nc1ccccc1. The molecule has 0 aromatic heterocycles. The standard InChI is InChI=1S/C14H17N3O3/c1-19-14(18)10-20-15-11-17-9-5-8-13(17)16-12-6-3-2-4-7-12/h2-4,6-7,11H,5,8-10H2,1H3. The number of methoxy groups -OCH3 is 1. The van der Waals surface area contributed by atoms with E-state index in [0.717, 1.165) is 30.9 Å². The van der Waals surface area contributed by atoms with Crippen molar-refractivity contribution in [2.45, 2.75) is 12.8 Å². The van der Waals surface area contributed by atoms with E-state index < -0.39 is 5.97 Å². The first kappa shape index (κ1) is 14.0. The van der Waals surface area contributed by atoms with Gasteiger partial charge >= 0.3 is 5.97 Å². The Balaban J connectivity index is 1.92. The summed E-state index contributed by atoms with van der Waals surface area (Å²) in [7, 11) is 1.31. The predicted octanol–water partition coefficient (Wildman–Crippen LogP) is 1.95. The van der Waals surface area contributed by atoms with E-state index in [0.29, 0.717) is 0 Å². The minimum atomic E-state index is -0.457. The molecule has 1 aromatic rings. The molecule has 0 spiro atoms. The van der Waals surface area contributed by atoms with Gasteiger partial charge in [-0.3, -0.25) is 0 Å². The van der Waals surface area contributed by atoms with Crippen LogP contribution in [0.3, 0.4) is 0 Å². The van der Waals surface area contributed by atoms with Crippen molar-refractivity contribution in [1.82, 2.24) is 4.90 Å². The number of carbonyl (C=O) groups excluding carboxylic acids is 1. The Hall–Kier alpha value is -2.37. The van der Waals surface area contributed by atoms with Crippen LogP contribution in [0.25, 0.3) is 0 Å². The zero-order valence-electron chi connectivity index (χ0n) is 11.4. The molecule has 2 rings (SSSR count). The number of esters is 1. The highest BCUT2D eigenvalue weighted by Gasteiger charge is 2.17. The monoisotopic (exact) mass is 275 g/mol. The average molecular weight is 275 g/mol. The zero-order chi connectivity index (χ0) is 14.2. The number of hydrogen-bond acceptors (Lipinski definition) is 5. The molecule has 0 amide bonds. The fourth-order valence-electron chi connectivity index (χ4n) is 1.82. The number of amidine groups is 1. The van der Waals surface area contributed by atoms with Gasteiger partial charge in [-0.2, -0.15) is 0 Å². The third-order valence-electron chi connectivity index (χ3n) is 2.82. The maximum atomic E-state index is 10.9. The summed E-state index contributed by atoms with van der Waals surface area (Å²) in [6.45, 7) is 0.656. The summed E-state index contributed by atoms with van der Waals surface area (Å²) in [5, 5.41) is 3.75. The number of ether oxygens (including phenoxy) is 1. The largest absolute Gasteiger partial charge is 0.466 e. The number of aliphatic imine (C=N–C) groups is 1. The molecule has 0 radical (unpaired) electrons. The molecule has 1 fully saturated rings. The van der Waals surface area contributed by atoms with Crippen LogP contribution in [-0.4, -0.2) is 43.3 Å². The van der Waals surface area contributed by atoms with Crippen molar-refractivity contribution < 1.29 is 14.4 Å². The molecule has 1 heterocycles. The van der Waals surface area contributed by atoms with Crippen LogP contribution in [0.5, 0.6) is 0 Å². The van der Waals surface area contributed by atoms with Crippen LogP contribution in [0.15, 0.2) is 40.5 Å². The van der Waals surface area contributed by atoms with E-state index in [1.165, 1.54) is 7.11 Å². The van der Waals surface area contributed by atoms with Crippen LogP contribution in [0.4, 0.5) is 5.69 Å². The number of nitrogens with zero attached hydrogens (tertiary/aromatic N) is 3. The lowest BCUT2D eigenvalue weighted by molar-refractivity contribution is -0.145. The van der Waals surface area contributed by atoms with Crippen molar-refractivity contribution in [3.05, 3.63) is 30.3 Å². The molecule has 1 aliphatic heterocycles. The molecule has 1 saturated heterocycles. The lowest BCUT2D eigenvalue weighted by atomic mass is 10.3. The van der Waals surface area contributed by atoms with Gasteiger partial charge in [0.25, 0.3) is 0 Å². The van der Waals surface area contributed by atoms with Gasteiger partial charge in [0, 0.05) is 13.0 Å². The molecule has 106 valence electrons. The first-order chi connectivity index (χ1) is 9.79. The molecule has 1 aromatic carbocycles. The number of benzene rings is 1. The summed E-state index contributed by atoms with van der Waals surface area (Å²) in [5.74, 6) is 0.489. The fourth-order valence-corrected chi connectivity index (χ4v) is 1.82. The second-order valence-corrected chi connectivity index (χ2v) is 4.23. The van der Waals surface area contributed by atoms with Crippen LogP contribution in [-0.2, 0) is 14.4 Å². The highest BCUT2D eigenvalue weighted by molar-refractivity contribution is 5.95. The van der Waals surface area contributed by atoms with E-state index in [-0.39, 0.29) is 6.61 Å². The smallest absolute Gasteiger partial charge is 0.346 e. The van der Waals surface area contributed by atoms with Gasteiger partial charge in [-0.05, 0) is 18.6 Å². The maximum absolute atomic E-state index is 10.9. The average Bonchev–Trinajstić information content (AvgIpc) is 2.91. The summed E-state index contributed by atoms with van der Waals surface area (Å²) >= 11 is 0. The Labute approximate surface area is 117 Å². The molecule has 0 unspecified atom stereocenters. The highest BCUT2D eigenvalue weighted by Crippen LogP contribution is 2.16. The normalized spacial score (nSPS) is 16.9. The third-order valence-corrected chi connectivity index (χ3v) is 2.82. The number of rotatable bonds is 5. The summed E-state index contributed by atoms with van der Waals surface area (Å²) in [5.41, 5.74) is 0.915. The van der Waals surface area contributed by atoms with Crippen LogP contribution in [0.2, 0.25) is 0 Å². The Bertz CT molecular complexity index is 500. The number of oxime groups is 1. The van der Waals surface area contributed by atoms with E-state index >= 15 is 0 Å². The summed E-state index contributed by atoms with van der Waals surface area (Å²) in [6.07, 6.45) is 3.48. The van der Waals surface area contributed by atoms with Crippen LogP contribution >= 0.6 is 0 Å². The highest BCUT2D eigenvalue weighted by atomic mass is 16.6. The lowest BCUT2D eigenvalue weighted by Crippen LogP contribution is -2.23. The molecule has 0 aliphatic carbocycles. The molecular weight excluding hydrogens is 258 g/mol. The number of likely N-dealkylation sites (tertiary alicyclic amines) is 1.